The Morgan fingerprint density at radius 2 is 1.97 bits per heavy atom. The summed E-state index contributed by atoms with van der Waals surface area (Å²) in [6, 6.07) is 2.26. The van der Waals surface area contributed by atoms with Crippen LogP contribution in [0.1, 0.15) is 19.8 Å². The lowest BCUT2D eigenvalue weighted by Gasteiger charge is -2.12. The van der Waals surface area contributed by atoms with Gasteiger partial charge in [-0.2, -0.15) is 4.37 Å². The molecule has 0 amide bonds. The summed E-state index contributed by atoms with van der Waals surface area (Å²) >= 11 is 6.96. The van der Waals surface area contributed by atoms with Crippen molar-refractivity contribution in [2.24, 2.45) is 5.73 Å². The third-order valence-electron chi connectivity index (χ3n) is 3.46. The highest BCUT2D eigenvalue weighted by molar-refractivity contribution is 7.93. The lowest BCUT2D eigenvalue weighted by atomic mass is 10.2. The molecule has 2 aromatic rings. The van der Waals surface area contributed by atoms with E-state index in [-0.39, 0.29) is 41.0 Å². The number of halogens is 4. The molecular weight excluding hydrogens is 486 g/mol. The maximum Gasteiger partial charge on any atom is 0.266 e. The van der Waals surface area contributed by atoms with Gasteiger partial charge in [-0.25, -0.2) is 17.8 Å². The van der Waals surface area contributed by atoms with Crippen molar-refractivity contribution in [2.45, 2.75) is 30.7 Å². The Labute approximate surface area is 191 Å². The van der Waals surface area contributed by atoms with Crippen LogP contribution in [-0.4, -0.2) is 43.5 Å². The minimum atomic E-state index is -4.14. The van der Waals surface area contributed by atoms with Crippen molar-refractivity contribution in [1.82, 2.24) is 14.7 Å². The number of benzene rings is 1. The van der Waals surface area contributed by atoms with Crippen LogP contribution in [0, 0.1) is 5.82 Å². The van der Waals surface area contributed by atoms with Crippen LogP contribution in [0.25, 0.3) is 0 Å². The van der Waals surface area contributed by atoms with E-state index in [1.165, 1.54) is 6.33 Å². The molecule has 0 aliphatic carbocycles. The van der Waals surface area contributed by atoms with Crippen LogP contribution in [0.4, 0.5) is 15.2 Å². The number of nitrogens with two attached hydrogens (primary N) is 1. The first-order valence-corrected chi connectivity index (χ1v) is 10.9. The van der Waals surface area contributed by atoms with Gasteiger partial charge in [0.2, 0.25) is 5.13 Å². The summed E-state index contributed by atoms with van der Waals surface area (Å²) in [5.74, 6) is -0.905. The van der Waals surface area contributed by atoms with Crippen molar-refractivity contribution in [3.05, 3.63) is 29.3 Å². The summed E-state index contributed by atoms with van der Waals surface area (Å²) in [6.07, 6.45) is 2.95. The molecule has 8 nitrogen and oxygen atoms in total. The number of anilines is 2. The van der Waals surface area contributed by atoms with Crippen molar-refractivity contribution >= 4 is 68.8 Å². The molecule has 1 atom stereocenters. The molecule has 0 saturated heterocycles. The van der Waals surface area contributed by atoms with Gasteiger partial charge in [0.1, 0.15) is 17.0 Å². The van der Waals surface area contributed by atoms with E-state index in [0.717, 1.165) is 49.6 Å². The smallest absolute Gasteiger partial charge is 0.266 e. The van der Waals surface area contributed by atoms with Gasteiger partial charge in [-0.1, -0.05) is 11.6 Å². The summed E-state index contributed by atoms with van der Waals surface area (Å²) in [4.78, 5) is 3.17. The number of nitrogens with one attached hydrogen (secondary N) is 3. The molecule has 5 N–H and O–H groups in total. The summed E-state index contributed by atoms with van der Waals surface area (Å²) in [7, 11) is -4.14. The SMILES string of the molecule is C[C@H](N)CNCCCCNc1cc(F)c(S(=O)(=O)Nc2ncns2)cc1Cl.Cl.Cl. The van der Waals surface area contributed by atoms with Crippen LogP contribution in [0.3, 0.4) is 0 Å². The van der Waals surface area contributed by atoms with Crippen molar-refractivity contribution in [2.75, 3.05) is 29.7 Å². The Balaban J connectivity index is 0.00000392. The van der Waals surface area contributed by atoms with Gasteiger partial charge in [-0.3, -0.25) is 4.72 Å². The van der Waals surface area contributed by atoms with Crippen LogP contribution in [-0.2, 0) is 10.0 Å². The number of sulfonamides is 1. The number of rotatable bonds is 11. The second kappa shape index (κ2) is 13.4. The Kier molecular flexibility index (Phi) is 12.9. The van der Waals surface area contributed by atoms with Crippen LogP contribution < -0.4 is 21.1 Å². The highest BCUT2D eigenvalue weighted by atomic mass is 35.5. The average molecular weight is 510 g/mol. The normalized spacial score (nSPS) is 11.9. The van der Waals surface area contributed by atoms with E-state index in [1.54, 1.807) is 0 Å². The van der Waals surface area contributed by atoms with Crippen LogP contribution in [0.5, 0.6) is 0 Å². The van der Waals surface area contributed by atoms with E-state index >= 15 is 0 Å². The Hall–Kier alpha value is -0.950. The fourth-order valence-electron chi connectivity index (χ4n) is 2.19. The van der Waals surface area contributed by atoms with E-state index in [1.807, 2.05) is 6.92 Å². The monoisotopic (exact) mass is 508 g/mol. The van der Waals surface area contributed by atoms with Crippen LogP contribution in [0.2, 0.25) is 5.02 Å². The molecule has 0 aliphatic rings. The summed E-state index contributed by atoms with van der Waals surface area (Å²) < 4.78 is 44.8. The van der Waals surface area contributed by atoms with E-state index in [0.29, 0.717) is 12.2 Å². The fraction of sp³-hybridized carbons (Fsp3) is 0.467. The van der Waals surface area contributed by atoms with Crippen molar-refractivity contribution in [1.29, 1.82) is 0 Å². The second-order valence-corrected chi connectivity index (χ2v) is 8.77. The molecule has 2 rings (SSSR count). The van der Waals surface area contributed by atoms with Gasteiger partial charge in [-0.15, -0.1) is 24.8 Å². The molecule has 0 radical (unpaired) electrons. The molecule has 0 spiro atoms. The first-order valence-electron chi connectivity index (χ1n) is 8.28. The van der Waals surface area contributed by atoms with Gasteiger partial charge < -0.3 is 16.4 Å². The van der Waals surface area contributed by atoms with Crippen molar-refractivity contribution < 1.29 is 12.8 Å². The predicted octanol–water partition coefficient (Wildman–Crippen LogP) is 3.10. The topological polar surface area (TPSA) is 122 Å². The molecule has 0 fully saturated rings. The van der Waals surface area contributed by atoms with Crippen molar-refractivity contribution in [3.8, 4) is 0 Å². The van der Waals surface area contributed by atoms with E-state index in [2.05, 4.69) is 24.7 Å². The molecule has 29 heavy (non-hydrogen) atoms. The largest absolute Gasteiger partial charge is 0.384 e. The maximum atomic E-state index is 14.3. The van der Waals surface area contributed by atoms with Crippen molar-refractivity contribution in [3.63, 3.8) is 0 Å². The standard InChI is InChI=1S/C15H22ClFN6O2S2.2ClH/c1-10(18)8-19-4-2-3-5-20-13-7-12(17)14(6-11(13)16)27(24,25)23-15-21-9-22-26-15;;/h6-7,9-10,19-20H,2-5,8,18H2,1H3,(H,21,22,23);2*1H/t10-;;/m0../s1. The molecule has 14 heteroatoms. The van der Waals surface area contributed by atoms with Gasteiger partial charge in [0.15, 0.2) is 0 Å². The number of hydrogen-bond acceptors (Lipinski definition) is 8. The Morgan fingerprint density at radius 3 is 2.59 bits per heavy atom. The highest BCUT2D eigenvalue weighted by Crippen LogP contribution is 2.29. The van der Waals surface area contributed by atoms with E-state index in [9.17, 15) is 12.8 Å². The lowest BCUT2D eigenvalue weighted by Crippen LogP contribution is -2.31. The average Bonchev–Trinajstić information content (AvgIpc) is 3.08. The Morgan fingerprint density at radius 1 is 1.28 bits per heavy atom. The van der Waals surface area contributed by atoms with Gasteiger partial charge in [0, 0.05) is 30.7 Å². The molecule has 0 unspecified atom stereocenters. The van der Waals surface area contributed by atoms with E-state index in [4.69, 9.17) is 17.3 Å². The maximum absolute atomic E-state index is 14.3. The fourth-order valence-corrected chi connectivity index (χ4v) is 4.23. The summed E-state index contributed by atoms with van der Waals surface area (Å²) in [5.41, 5.74) is 5.98. The highest BCUT2D eigenvalue weighted by Gasteiger charge is 2.22. The molecule has 0 saturated carbocycles. The summed E-state index contributed by atoms with van der Waals surface area (Å²) in [5, 5.41) is 6.40. The Bertz CT molecular complexity index is 841. The quantitative estimate of drug-likeness (QED) is 0.343. The lowest BCUT2D eigenvalue weighted by molar-refractivity contribution is 0.570. The first kappa shape index (κ1) is 28.1. The number of hydrogen-bond donors (Lipinski definition) is 4. The predicted molar refractivity (Wildman–Crippen MR) is 121 cm³/mol. The molecule has 0 bridgehead atoms. The zero-order valence-electron chi connectivity index (χ0n) is 15.5. The van der Waals surface area contributed by atoms with Gasteiger partial charge in [0.05, 0.1) is 10.7 Å². The number of unbranched alkanes of at least 4 members (excludes halogenated alkanes) is 1. The number of nitrogens with zero attached hydrogens (tertiary/aromatic N) is 2. The third-order valence-corrected chi connectivity index (χ3v) is 5.83. The number of aromatic nitrogens is 2. The van der Waals surface area contributed by atoms with Crippen LogP contribution in [0.15, 0.2) is 23.4 Å². The van der Waals surface area contributed by atoms with Gasteiger partial charge >= 0.3 is 0 Å². The molecule has 0 aliphatic heterocycles. The molecule has 166 valence electrons. The van der Waals surface area contributed by atoms with Gasteiger partial charge in [0.25, 0.3) is 10.0 Å². The second-order valence-electron chi connectivity index (χ2n) is 5.93. The van der Waals surface area contributed by atoms with E-state index < -0.39 is 20.7 Å². The minimum Gasteiger partial charge on any atom is -0.384 e. The van der Waals surface area contributed by atoms with Gasteiger partial charge in [-0.05, 0) is 38.4 Å². The minimum absolute atomic E-state index is 0. The zero-order chi connectivity index (χ0) is 19.9. The van der Waals surface area contributed by atoms with Crippen LogP contribution >= 0.6 is 47.9 Å². The molecular formula is C15H24Cl3FN6O2S2. The first-order chi connectivity index (χ1) is 12.8. The molecule has 1 aromatic heterocycles. The molecule has 1 heterocycles. The molecule has 1 aromatic carbocycles. The zero-order valence-corrected chi connectivity index (χ0v) is 19.5. The summed E-state index contributed by atoms with van der Waals surface area (Å²) in [6.45, 7) is 4.09. The third kappa shape index (κ3) is 9.16.